The molecule has 0 spiro atoms. The standard InChI is InChI=1S/C20H25N3O2/c1-20(2,3)16-8-6-15(7-9-16)19(24)23-12-4-5-17(14-23)25-18-13-21-10-11-22-18/h6-11,13,17H,4-5,12,14H2,1-3H3. The van der Waals surface area contributed by atoms with Crippen LogP contribution in [0.3, 0.4) is 0 Å². The van der Waals surface area contributed by atoms with E-state index in [-0.39, 0.29) is 17.4 Å². The van der Waals surface area contributed by atoms with E-state index >= 15 is 0 Å². The maximum atomic E-state index is 12.8. The van der Waals surface area contributed by atoms with Crippen LogP contribution in [0, 0.1) is 0 Å². The monoisotopic (exact) mass is 339 g/mol. The second-order valence-corrected chi connectivity index (χ2v) is 7.50. The third kappa shape index (κ3) is 4.35. The Morgan fingerprint density at radius 3 is 2.60 bits per heavy atom. The van der Waals surface area contributed by atoms with Crippen LogP contribution in [0.15, 0.2) is 42.9 Å². The van der Waals surface area contributed by atoms with Gasteiger partial charge in [0.2, 0.25) is 5.88 Å². The predicted molar refractivity (Wildman–Crippen MR) is 96.7 cm³/mol. The highest BCUT2D eigenvalue weighted by atomic mass is 16.5. The summed E-state index contributed by atoms with van der Waals surface area (Å²) in [6.45, 7) is 7.85. The van der Waals surface area contributed by atoms with Crippen LogP contribution < -0.4 is 4.74 Å². The van der Waals surface area contributed by atoms with Crippen LogP contribution in [0.4, 0.5) is 0 Å². The summed E-state index contributed by atoms with van der Waals surface area (Å²) in [6.07, 6.45) is 6.64. The van der Waals surface area contributed by atoms with Crippen molar-refractivity contribution < 1.29 is 9.53 Å². The van der Waals surface area contributed by atoms with Gasteiger partial charge >= 0.3 is 0 Å². The van der Waals surface area contributed by atoms with Crippen molar-refractivity contribution in [2.75, 3.05) is 13.1 Å². The molecule has 1 aromatic heterocycles. The summed E-state index contributed by atoms with van der Waals surface area (Å²) in [5.41, 5.74) is 2.04. The summed E-state index contributed by atoms with van der Waals surface area (Å²) < 4.78 is 5.87. The minimum atomic E-state index is -0.0387. The van der Waals surface area contributed by atoms with Gasteiger partial charge in [-0.2, -0.15) is 0 Å². The van der Waals surface area contributed by atoms with Gasteiger partial charge in [-0.15, -0.1) is 0 Å². The third-order valence-corrected chi connectivity index (χ3v) is 4.49. The number of piperidine rings is 1. The van der Waals surface area contributed by atoms with E-state index in [2.05, 4.69) is 30.7 Å². The zero-order valence-corrected chi connectivity index (χ0v) is 15.1. The smallest absolute Gasteiger partial charge is 0.253 e. The molecule has 0 aliphatic carbocycles. The largest absolute Gasteiger partial charge is 0.471 e. The number of aromatic nitrogens is 2. The Morgan fingerprint density at radius 2 is 1.96 bits per heavy atom. The fraction of sp³-hybridized carbons (Fsp3) is 0.450. The fourth-order valence-electron chi connectivity index (χ4n) is 3.03. The molecule has 1 atom stereocenters. The van der Waals surface area contributed by atoms with Gasteiger partial charge in [-0.25, -0.2) is 4.98 Å². The molecular weight excluding hydrogens is 314 g/mol. The molecule has 1 fully saturated rings. The molecule has 1 saturated heterocycles. The lowest BCUT2D eigenvalue weighted by Crippen LogP contribution is -2.44. The molecule has 25 heavy (non-hydrogen) atoms. The van der Waals surface area contributed by atoms with Crippen LogP contribution in [-0.2, 0) is 5.41 Å². The molecule has 1 aliphatic heterocycles. The lowest BCUT2D eigenvalue weighted by molar-refractivity contribution is 0.0527. The minimum absolute atomic E-state index is 0.0387. The van der Waals surface area contributed by atoms with Gasteiger partial charge in [-0.3, -0.25) is 9.78 Å². The van der Waals surface area contributed by atoms with Crippen molar-refractivity contribution in [2.24, 2.45) is 0 Å². The van der Waals surface area contributed by atoms with Crippen molar-refractivity contribution in [3.63, 3.8) is 0 Å². The molecule has 0 N–H and O–H groups in total. The van der Waals surface area contributed by atoms with Crippen molar-refractivity contribution >= 4 is 5.91 Å². The van der Waals surface area contributed by atoms with E-state index in [1.807, 2.05) is 29.2 Å². The lowest BCUT2D eigenvalue weighted by Gasteiger charge is -2.32. The second-order valence-electron chi connectivity index (χ2n) is 7.50. The average Bonchev–Trinajstić information content (AvgIpc) is 2.61. The molecule has 2 heterocycles. The maximum absolute atomic E-state index is 12.8. The number of rotatable bonds is 3. The third-order valence-electron chi connectivity index (χ3n) is 4.49. The van der Waals surface area contributed by atoms with Crippen LogP contribution in [0.25, 0.3) is 0 Å². The first-order valence-electron chi connectivity index (χ1n) is 8.76. The Labute approximate surface area is 149 Å². The summed E-state index contributed by atoms with van der Waals surface area (Å²) in [5.74, 6) is 0.573. The summed E-state index contributed by atoms with van der Waals surface area (Å²) in [6, 6.07) is 7.95. The van der Waals surface area contributed by atoms with Gasteiger partial charge in [0.25, 0.3) is 5.91 Å². The van der Waals surface area contributed by atoms with Crippen molar-refractivity contribution in [3.8, 4) is 5.88 Å². The Bertz CT molecular complexity index is 708. The van der Waals surface area contributed by atoms with E-state index in [9.17, 15) is 4.79 Å². The lowest BCUT2D eigenvalue weighted by atomic mass is 9.86. The summed E-state index contributed by atoms with van der Waals surface area (Å²) in [7, 11) is 0. The molecule has 2 aromatic rings. The van der Waals surface area contributed by atoms with Crippen molar-refractivity contribution in [1.82, 2.24) is 14.9 Å². The van der Waals surface area contributed by atoms with Gasteiger partial charge in [0.1, 0.15) is 6.10 Å². The summed E-state index contributed by atoms with van der Waals surface area (Å²) in [5, 5.41) is 0. The zero-order valence-electron chi connectivity index (χ0n) is 15.1. The highest BCUT2D eigenvalue weighted by Gasteiger charge is 2.26. The van der Waals surface area contributed by atoms with Gasteiger partial charge in [-0.1, -0.05) is 32.9 Å². The van der Waals surface area contributed by atoms with Crippen molar-refractivity contribution in [1.29, 1.82) is 0 Å². The van der Waals surface area contributed by atoms with Gasteiger partial charge in [0, 0.05) is 24.5 Å². The fourth-order valence-corrected chi connectivity index (χ4v) is 3.03. The summed E-state index contributed by atoms with van der Waals surface area (Å²) >= 11 is 0. The summed E-state index contributed by atoms with van der Waals surface area (Å²) in [4.78, 5) is 22.8. The van der Waals surface area contributed by atoms with Crippen LogP contribution in [0.2, 0.25) is 0 Å². The van der Waals surface area contributed by atoms with E-state index in [0.717, 1.165) is 24.9 Å². The number of hydrogen-bond acceptors (Lipinski definition) is 4. The van der Waals surface area contributed by atoms with Gasteiger partial charge < -0.3 is 9.64 Å². The van der Waals surface area contributed by atoms with Crippen LogP contribution in [0.1, 0.15) is 49.5 Å². The number of nitrogens with zero attached hydrogens (tertiary/aromatic N) is 3. The highest BCUT2D eigenvalue weighted by Crippen LogP contribution is 2.23. The molecule has 1 aliphatic rings. The number of likely N-dealkylation sites (tertiary alicyclic amines) is 1. The molecule has 0 saturated carbocycles. The van der Waals surface area contributed by atoms with E-state index < -0.39 is 0 Å². The van der Waals surface area contributed by atoms with Gasteiger partial charge in [-0.05, 0) is 36.0 Å². The average molecular weight is 339 g/mol. The number of carbonyl (C=O) groups is 1. The zero-order chi connectivity index (χ0) is 17.9. The molecule has 1 aromatic carbocycles. The molecule has 1 unspecified atom stereocenters. The number of ether oxygens (including phenoxy) is 1. The molecule has 5 heteroatoms. The van der Waals surface area contributed by atoms with Gasteiger partial charge in [0.15, 0.2) is 0 Å². The molecular formula is C20H25N3O2. The number of benzene rings is 1. The van der Waals surface area contributed by atoms with E-state index in [4.69, 9.17) is 4.74 Å². The maximum Gasteiger partial charge on any atom is 0.253 e. The Hall–Kier alpha value is -2.43. The van der Waals surface area contributed by atoms with E-state index in [1.54, 1.807) is 18.6 Å². The predicted octanol–water partition coefficient (Wildman–Crippen LogP) is 3.46. The second kappa shape index (κ2) is 7.21. The van der Waals surface area contributed by atoms with Crippen LogP contribution >= 0.6 is 0 Å². The molecule has 1 amide bonds. The molecule has 3 rings (SSSR count). The topological polar surface area (TPSA) is 55.3 Å². The number of amides is 1. The molecule has 132 valence electrons. The Kier molecular flexibility index (Phi) is 5.02. The number of hydrogen-bond donors (Lipinski definition) is 0. The van der Waals surface area contributed by atoms with Crippen LogP contribution in [-0.4, -0.2) is 40.0 Å². The van der Waals surface area contributed by atoms with Crippen LogP contribution in [0.5, 0.6) is 5.88 Å². The molecule has 5 nitrogen and oxygen atoms in total. The first-order valence-corrected chi connectivity index (χ1v) is 8.76. The molecule has 0 radical (unpaired) electrons. The number of carbonyl (C=O) groups excluding carboxylic acids is 1. The van der Waals surface area contributed by atoms with E-state index in [1.165, 1.54) is 5.56 Å². The SMILES string of the molecule is CC(C)(C)c1ccc(C(=O)N2CCCC(Oc3cnccn3)C2)cc1. The first kappa shape index (κ1) is 17.4. The first-order chi connectivity index (χ1) is 11.9. The van der Waals surface area contributed by atoms with Crippen molar-refractivity contribution in [3.05, 3.63) is 54.0 Å². The normalized spacial score (nSPS) is 18.0. The van der Waals surface area contributed by atoms with E-state index in [0.29, 0.717) is 12.4 Å². The van der Waals surface area contributed by atoms with Crippen molar-refractivity contribution in [2.45, 2.75) is 45.1 Å². The minimum Gasteiger partial charge on any atom is -0.471 e. The Balaban J connectivity index is 1.65. The van der Waals surface area contributed by atoms with Gasteiger partial charge in [0.05, 0.1) is 12.7 Å². The highest BCUT2D eigenvalue weighted by molar-refractivity contribution is 5.94. The Morgan fingerprint density at radius 1 is 1.20 bits per heavy atom. The molecule has 0 bridgehead atoms. The quantitative estimate of drug-likeness (QED) is 0.859.